The van der Waals surface area contributed by atoms with Gasteiger partial charge < -0.3 is 4.74 Å². The molecule has 0 aliphatic carbocycles. The van der Waals surface area contributed by atoms with Crippen molar-refractivity contribution < 1.29 is 9.53 Å². The van der Waals surface area contributed by atoms with Gasteiger partial charge in [-0.15, -0.1) is 0 Å². The van der Waals surface area contributed by atoms with Crippen molar-refractivity contribution in [1.29, 1.82) is 0 Å². The molecule has 0 aliphatic heterocycles. The first kappa shape index (κ1) is 17.7. The van der Waals surface area contributed by atoms with E-state index in [4.69, 9.17) is 10.3 Å². The molecule has 22 heavy (non-hydrogen) atoms. The van der Waals surface area contributed by atoms with Crippen LogP contribution in [0.4, 0.5) is 0 Å². The van der Waals surface area contributed by atoms with Crippen LogP contribution in [-0.4, -0.2) is 24.3 Å². The van der Waals surface area contributed by atoms with Gasteiger partial charge in [-0.3, -0.25) is 4.99 Å². The molecule has 6 nitrogen and oxygen atoms in total. The first-order valence-electron chi connectivity index (χ1n) is 7.21. The lowest BCUT2D eigenvalue weighted by Crippen LogP contribution is -2.23. The Morgan fingerprint density at radius 1 is 1.41 bits per heavy atom. The van der Waals surface area contributed by atoms with Crippen molar-refractivity contribution in [2.24, 2.45) is 10.1 Å². The van der Waals surface area contributed by atoms with Gasteiger partial charge >= 0.3 is 5.97 Å². The number of benzene rings is 1. The molecule has 0 fully saturated rings. The summed E-state index contributed by atoms with van der Waals surface area (Å²) in [4.78, 5) is 18.6. The number of rotatable bonds is 9. The van der Waals surface area contributed by atoms with Gasteiger partial charge in [-0.05, 0) is 30.7 Å². The number of esters is 1. The van der Waals surface area contributed by atoms with E-state index in [2.05, 4.69) is 21.7 Å². The maximum absolute atomic E-state index is 12.0. The first-order chi connectivity index (χ1) is 10.5. The predicted molar refractivity (Wildman–Crippen MR) is 86.7 cm³/mol. The van der Waals surface area contributed by atoms with E-state index in [1.165, 1.54) is 0 Å². The Morgan fingerprint density at radius 2 is 2.09 bits per heavy atom. The molecule has 0 spiro atoms. The molecule has 0 radical (unpaired) electrons. The van der Waals surface area contributed by atoms with Crippen molar-refractivity contribution in [3.05, 3.63) is 46.3 Å². The molecule has 1 rings (SSSR count). The molecule has 1 atom stereocenters. The highest BCUT2D eigenvalue weighted by Gasteiger charge is 2.21. The van der Waals surface area contributed by atoms with E-state index in [9.17, 15) is 4.79 Å². The average Bonchev–Trinajstić information content (AvgIpc) is 2.50. The summed E-state index contributed by atoms with van der Waals surface area (Å²) in [5.74, 6) is -0.375. The minimum Gasteiger partial charge on any atom is -0.459 e. The molecule has 0 saturated carbocycles. The second kappa shape index (κ2) is 8.85. The molecular weight excluding hydrogens is 280 g/mol. The minimum atomic E-state index is -0.578. The highest BCUT2D eigenvalue weighted by molar-refractivity contribution is 5.76. The van der Waals surface area contributed by atoms with Gasteiger partial charge in [0.2, 0.25) is 0 Å². The first-order valence-corrected chi connectivity index (χ1v) is 7.21. The highest BCUT2D eigenvalue weighted by atomic mass is 16.5. The third-order valence-electron chi connectivity index (χ3n) is 3.30. The molecular formula is C16H22N4O2. The van der Waals surface area contributed by atoms with E-state index >= 15 is 0 Å². The van der Waals surface area contributed by atoms with Crippen LogP contribution in [0.5, 0.6) is 0 Å². The summed E-state index contributed by atoms with van der Waals surface area (Å²) in [6.45, 7) is 7.40. The summed E-state index contributed by atoms with van der Waals surface area (Å²) in [5.41, 5.74) is 8.95. The van der Waals surface area contributed by atoms with Crippen molar-refractivity contribution in [3.8, 4) is 0 Å². The number of carbonyl (C=O) groups is 1. The van der Waals surface area contributed by atoms with Crippen molar-refractivity contribution >= 4 is 12.7 Å². The summed E-state index contributed by atoms with van der Waals surface area (Å²) >= 11 is 0. The number of carbonyl (C=O) groups excluding carboxylic acids is 1. The maximum Gasteiger partial charge on any atom is 0.331 e. The third-order valence-corrected chi connectivity index (χ3v) is 3.30. The van der Waals surface area contributed by atoms with Gasteiger partial charge in [0.25, 0.3) is 0 Å². The summed E-state index contributed by atoms with van der Waals surface area (Å²) < 4.78 is 5.26. The maximum atomic E-state index is 12.0. The van der Waals surface area contributed by atoms with E-state index in [-0.39, 0.29) is 12.6 Å². The number of hydrogen-bond acceptors (Lipinski definition) is 4. The smallest absolute Gasteiger partial charge is 0.331 e. The largest absolute Gasteiger partial charge is 0.459 e. The van der Waals surface area contributed by atoms with Gasteiger partial charge in [0.05, 0.1) is 0 Å². The van der Waals surface area contributed by atoms with Gasteiger partial charge in [-0.1, -0.05) is 55.7 Å². The van der Waals surface area contributed by atoms with E-state index in [1.54, 1.807) is 0 Å². The van der Waals surface area contributed by atoms with Crippen molar-refractivity contribution in [3.63, 3.8) is 0 Å². The van der Waals surface area contributed by atoms with E-state index < -0.39 is 11.6 Å². The minimum absolute atomic E-state index is 0.232. The lowest BCUT2D eigenvalue weighted by molar-refractivity contribution is -0.146. The Kier molecular flexibility index (Phi) is 7.13. The normalized spacial score (nSPS) is 12.1. The average molecular weight is 302 g/mol. The number of azide groups is 1. The van der Waals surface area contributed by atoms with Crippen LogP contribution < -0.4 is 0 Å². The van der Waals surface area contributed by atoms with Gasteiger partial charge in [0, 0.05) is 10.5 Å². The second-order valence-corrected chi connectivity index (χ2v) is 5.69. The zero-order valence-electron chi connectivity index (χ0n) is 13.1. The molecule has 0 N–H and O–H groups in total. The van der Waals surface area contributed by atoms with Gasteiger partial charge in [0.1, 0.15) is 12.6 Å². The van der Waals surface area contributed by atoms with E-state index in [0.29, 0.717) is 19.3 Å². The molecule has 6 heteroatoms. The lowest BCUT2D eigenvalue weighted by atomic mass is 9.97. The molecule has 118 valence electrons. The van der Waals surface area contributed by atoms with Crippen LogP contribution in [0, 0.1) is 0 Å². The van der Waals surface area contributed by atoms with Gasteiger partial charge in [-0.2, -0.15) is 0 Å². The van der Waals surface area contributed by atoms with Crippen molar-refractivity contribution in [2.45, 2.75) is 51.3 Å². The number of hydrogen-bond donors (Lipinski definition) is 0. The number of aliphatic imine (C=N–C) groups is 1. The summed E-state index contributed by atoms with van der Waals surface area (Å²) in [6.07, 6.45) is 1.91. The molecule has 0 aliphatic rings. The van der Waals surface area contributed by atoms with Crippen LogP contribution in [0.2, 0.25) is 0 Å². The second-order valence-electron chi connectivity index (χ2n) is 5.69. The van der Waals surface area contributed by atoms with Crippen LogP contribution in [-0.2, 0) is 16.1 Å². The van der Waals surface area contributed by atoms with Crippen molar-refractivity contribution in [1.82, 2.24) is 0 Å². The molecule has 0 amide bonds. The fourth-order valence-corrected chi connectivity index (χ4v) is 2.01. The molecule has 0 heterocycles. The molecule has 0 aromatic heterocycles. The van der Waals surface area contributed by atoms with Crippen LogP contribution in [0.25, 0.3) is 10.4 Å². The third kappa shape index (κ3) is 6.41. The SMILES string of the molecule is C=N[C@@H](CCCC(C)(C)N=[N+]=[N-])C(=O)OCc1ccccc1. The molecule has 1 aromatic carbocycles. The standard InChI is InChI=1S/C16H22N4O2/c1-16(2,19-20-17)11-7-10-14(18-3)15(21)22-12-13-8-5-4-6-9-13/h4-6,8-9,14H,3,7,10-12H2,1-2H3/t14-/m0/s1. The van der Waals surface area contributed by atoms with E-state index in [0.717, 1.165) is 5.56 Å². The fourth-order valence-electron chi connectivity index (χ4n) is 2.01. The fraction of sp³-hybridized carbons (Fsp3) is 0.500. The summed E-state index contributed by atoms with van der Waals surface area (Å²) in [7, 11) is 0. The quantitative estimate of drug-likeness (QED) is 0.226. The van der Waals surface area contributed by atoms with Gasteiger partial charge in [0.15, 0.2) is 0 Å². The van der Waals surface area contributed by atoms with Gasteiger partial charge in [-0.25, -0.2) is 4.79 Å². The molecule has 0 unspecified atom stereocenters. The number of ether oxygens (including phenoxy) is 1. The van der Waals surface area contributed by atoms with Crippen molar-refractivity contribution in [2.75, 3.05) is 0 Å². The Balaban J connectivity index is 2.41. The highest BCUT2D eigenvalue weighted by Crippen LogP contribution is 2.19. The van der Waals surface area contributed by atoms with Crippen LogP contribution in [0.3, 0.4) is 0 Å². The molecule has 1 aromatic rings. The Morgan fingerprint density at radius 3 is 2.68 bits per heavy atom. The summed E-state index contributed by atoms with van der Waals surface area (Å²) in [6, 6.07) is 8.91. The predicted octanol–water partition coefficient (Wildman–Crippen LogP) is 4.06. The monoisotopic (exact) mass is 302 g/mol. The van der Waals surface area contributed by atoms with Crippen LogP contribution in [0.1, 0.15) is 38.7 Å². The summed E-state index contributed by atoms with van der Waals surface area (Å²) in [5, 5.41) is 3.72. The van der Waals surface area contributed by atoms with Crippen LogP contribution >= 0.6 is 0 Å². The Labute approximate surface area is 130 Å². The zero-order valence-corrected chi connectivity index (χ0v) is 13.1. The molecule has 0 saturated heterocycles. The molecule has 0 bridgehead atoms. The van der Waals surface area contributed by atoms with E-state index in [1.807, 2.05) is 44.2 Å². The lowest BCUT2D eigenvalue weighted by Gasteiger charge is -2.18. The Hall–Kier alpha value is -2.33. The number of nitrogens with zero attached hydrogens (tertiary/aromatic N) is 4. The van der Waals surface area contributed by atoms with Crippen LogP contribution in [0.15, 0.2) is 40.4 Å². The zero-order chi connectivity index (χ0) is 16.4. The topological polar surface area (TPSA) is 87.4 Å². The Bertz CT molecular complexity index is 536.